The number of fused-ring (bicyclic) bond motifs is 1. The van der Waals surface area contributed by atoms with Crippen molar-refractivity contribution in [2.75, 3.05) is 5.32 Å². The number of anilines is 1. The average Bonchev–Trinajstić information content (AvgIpc) is 2.66. The molecule has 0 saturated carbocycles. The number of carboxylic acid groups (broad SMARTS) is 1. The van der Waals surface area contributed by atoms with Crippen molar-refractivity contribution < 1.29 is 62.3 Å². The zero-order chi connectivity index (χ0) is 21.2. The normalized spacial score (nSPS) is 12.0. The Morgan fingerprint density at radius 1 is 1.00 bits per heavy atom. The number of aliphatic carboxylic acids is 1. The fraction of sp³-hybridized carbons (Fsp3) is 0.100. The molecule has 0 aliphatic rings. The van der Waals surface area contributed by atoms with E-state index in [0.717, 1.165) is 0 Å². The van der Waals surface area contributed by atoms with E-state index in [4.69, 9.17) is 4.55 Å². The van der Waals surface area contributed by atoms with Crippen LogP contribution in [-0.2, 0) is 19.7 Å². The van der Waals surface area contributed by atoms with Gasteiger partial charge >= 0.3 is 29.6 Å². The molecular weight excluding hydrogens is 421 g/mol. The standard InChI is InChI=1S/C20H17NO7S.Na/c22-18-4-2-1-3-16(18)17(11-19(23)20(24)25)21-14-7-5-13-10-15(29(26,27)28)8-6-12(13)9-14;/h1-10,17,21-22H,11H2,(H,24,25)(H,26,27,28);/q;+1/p-1. The topological polar surface area (TPSA) is 144 Å². The third-order valence-corrected chi connectivity index (χ3v) is 5.23. The maximum absolute atomic E-state index is 11.7. The number of nitrogens with one attached hydrogen (secondary N) is 1. The minimum absolute atomic E-state index is 0. The first kappa shape index (κ1) is 23.8. The summed E-state index contributed by atoms with van der Waals surface area (Å²) in [6, 6.07) is 14.3. The van der Waals surface area contributed by atoms with Crippen LogP contribution in [-0.4, -0.2) is 29.8 Å². The van der Waals surface area contributed by atoms with Gasteiger partial charge in [0.25, 0.3) is 10.1 Å². The van der Waals surface area contributed by atoms with Crippen LogP contribution in [0.2, 0.25) is 0 Å². The van der Waals surface area contributed by atoms with Crippen molar-refractivity contribution in [3.05, 3.63) is 66.2 Å². The van der Waals surface area contributed by atoms with E-state index < -0.39 is 34.3 Å². The molecule has 0 aliphatic heterocycles. The number of ketones is 1. The number of phenols is 1. The van der Waals surface area contributed by atoms with Crippen molar-refractivity contribution in [3.8, 4) is 5.75 Å². The first-order chi connectivity index (χ1) is 13.6. The molecule has 0 spiro atoms. The molecular formula is C20H16NNaO7S. The van der Waals surface area contributed by atoms with E-state index in [1.807, 2.05) is 0 Å². The first-order valence-corrected chi connectivity index (χ1v) is 9.89. The van der Waals surface area contributed by atoms with Crippen LogP contribution in [0.15, 0.2) is 65.6 Å². The molecule has 3 N–H and O–H groups in total. The SMILES string of the molecule is O=C([O-])C(=O)CC(Nc1ccc2cc(S(=O)(=O)O)ccc2c1)c1ccccc1O.[Na+]. The number of benzene rings is 3. The van der Waals surface area contributed by atoms with Gasteiger partial charge in [-0.05, 0) is 41.1 Å². The molecule has 3 rings (SSSR count). The zero-order valence-corrected chi connectivity index (χ0v) is 18.7. The Hall–Kier alpha value is -2.43. The molecule has 1 unspecified atom stereocenters. The summed E-state index contributed by atoms with van der Waals surface area (Å²) in [6.45, 7) is 0. The Morgan fingerprint density at radius 3 is 2.27 bits per heavy atom. The summed E-state index contributed by atoms with van der Waals surface area (Å²) < 4.78 is 31.7. The van der Waals surface area contributed by atoms with Gasteiger partial charge in [0.05, 0.1) is 10.9 Å². The number of aromatic hydroxyl groups is 1. The minimum Gasteiger partial charge on any atom is -0.542 e. The number of Topliss-reactive ketones (excluding diaryl/α,β-unsaturated/α-hetero) is 1. The Balaban J connectivity index is 0.00000320. The Kier molecular flexibility index (Phi) is 7.62. The summed E-state index contributed by atoms with van der Waals surface area (Å²) in [6.07, 6.45) is -0.445. The second-order valence-electron chi connectivity index (χ2n) is 6.37. The second kappa shape index (κ2) is 9.59. The molecule has 8 nitrogen and oxygen atoms in total. The van der Waals surface area contributed by atoms with Crippen LogP contribution in [0.5, 0.6) is 5.75 Å². The molecule has 3 aromatic rings. The smallest absolute Gasteiger partial charge is 0.542 e. The van der Waals surface area contributed by atoms with Crippen LogP contribution >= 0.6 is 0 Å². The molecule has 0 aromatic heterocycles. The summed E-state index contributed by atoms with van der Waals surface area (Å²) in [4.78, 5) is 22.3. The molecule has 3 aromatic carbocycles. The molecule has 0 saturated heterocycles. The number of hydrogen-bond donors (Lipinski definition) is 3. The predicted molar refractivity (Wildman–Crippen MR) is 103 cm³/mol. The van der Waals surface area contributed by atoms with Gasteiger partial charge in [0.1, 0.15) is 11.7 Å². The van der Waals surface area contributed by atoms with Gasteiger partial charge in [-0.15, -0.1) is 0 Å². The largest absolute Gasteiger partial charge is 1.00 e. The number of phenolic OH excluding ortho intramolecular Hbond substituents is 1. The van der Waals surface area contributed by atoms with E-state index in [2.05, 4.69) is 5.32 Å². The van der Waals surface area contributed by atoms with Crippen LogP contribution < -0.4 is 40.0 Å². The van der Waals surface area contributed by atoms with Crippen LogP contribution in [0.4, 0.5) is 5.69 Å². The maximum atomic E-state index is 11.7. The van der Waals surface area contributed by atoms with Crippen molar-refractivity contribution in [2.45, 2.75) is 17.4 Å². The van der Waals surface area contributed by atoms with Crippen LogP contribution in [0.25, 0.3) is 10.8 Å². The van der Waals surface area contributed by atoms with Gasteiger partial charge in [0.15, 0.2) is 5.78 Å². The van der Waals surface area contributed by atoms with Gasteiger partial charge in [0.2, 0.25) is 0 Å². The molecule has 0 aliphatic carbocycles. The van der Waals surface area contributed by atoms with Crippen LogP contribution in [0.1, 0.15) is 18.0 Å². The van der Waals surface area contributed by atoms with Gasteiger partial charge in [0, 0.05) is 17.7 Å². The van der Waals surface area contributed by atoms with Crippen molar-refractivity contribution >= 4 is 38.3 Å². The van der Waals surface area contributed by atoms with Gasteiger partial charge in [-0.1, -0.05) is 30.3 Å². The Bertz CT molecular complexity index is 1210. The molecule has 0 fully saturated rings. The van der Waals surface area contributed by atoms with Crippen molar-refractivity contribution in [1.29, 1.82) is 0 Å². The van der Waals surface area contributed by atoms with E-state index in [-0.39, 0.29) is 40.2 Å². The quantitative estimate of drug-likeness (QED) is 0.234. The van der Waals surface area contributed by atoms with Gasteiger partial charge in [-0.25, -0.2) is 0 Å². The fourth-order valence-electron chi connectivity index (χ4n) is 2.96. The zero-order valence-electron chi connectivity index (χ0n) is 15.9. The maximum Gasteiger partial charge on any atom is 1.00 e. The molecule has 0 radical (unpaired) electrons. The van der Waals surface area contributed by atoms with Gasteiger partial charge in [-0.3, -0.25) is 9.35 Å². The van der Waals surface area contributed by atoms with Crippen LogP contribution in [0, 0.1) is 0 Å². The molecule has 0 heterocycles. The monoisotopic (exact) mass is 437 g/mol. The van der Waals surface area contributed by atoms with E-state index in [9.17, 15) is 28.2 Å². The number of para-hydroxylation sites is 1. The number of carboxylic acids is 1. The van der Waals surface area contributed by atoms with Gasteiger partial charge in [-0.2, -0.15) is 8.42 Å². The van der Waals surface area contributed by atoms with Crippen LogP contribution in [0.3, 0.4) is 0 Å². The first-order valence-electron chi connectivity index (χ1n) is 8.45. The molecule has 0 bridgehead atoms. The summed E-state index contributed by atoms with van der Waals surface area (Å²) in [5, 5.41) is 25.2. The fourth-order valence-corrected chi connectivity index (χ4v) is 3.48. The molecule has 150 valence electrons. The molecule has 1 atom stereocenters. The van der Waals surface area contributed by atoms with E-state index >= 15 is 0 Å². The third-order valence-electron chi connectivity index (χ3n) is 4.38. The number of rotatable bonds is 7. The summed E-state index contributed by atoms with van der Waals surface area (Å²) >= 11 is 0. The summed E-state index contributed by atoms with van der Waals surface area (Å²) in [5.74, 6) is -3.04. The average molecular weight is 437 g/mol. The van der Waals surface area contributed by atoms with Crippen molar-refractivity contribution in [3.63, 3.8) is 0 Å². The number of carbonyl (C=O) groups is 2. The molecule has 30 heavy (non-hydrogen) atoms. The van der Waals surface area contributed by atoms with Gasteiger partial charge < -0.3 is 20.3 Å². The van der Waals surface area contributed by atoms with E-state index in [0.29, 0.717) is 22.0 Å². The Labute approximate surface area is 194 Å². The van der Waals surface area contributed by atoms with E-state index in [1.54, 1.807) is 36.4 Å². The summed E-state index contributed by atoms with van der Waals surface area (Å²) in [7, 11) is -4.33. The molecule has 0 amide bonds. The number of carbonyl (C=O) groups excluding carboxylic acids is 2. The van der Waals surface area contributed by atoms with Crippen molar-refractivity contribution in [1.82, 2.24) is 0 Å². The Morgan fingerprint density at radius 2 is 1.63 bits per heavy atom. The second-order valence-corrected chi connectivity index (χ2v) is 7.79. The predicted octanol–water partition coefficient (Wildman–Crippen LogP) is -1.34. The number of hydrogen-bond acceptors (Lipinski definition) is 7. The van der Waals surface area contributed by atoms with E-state index in [1.165, 1.54) is 24.3 Å². The molecule has 10 heteroatoms. The third kappa shape index (κ3) is 5.59. The summed E-state index contributed by atoms with van der Waals surface area (Å²) in [5.41, 5.74) is 0.848. The van der Waals surface area contributed by atoms with Crippen molar-refractivity contribution in [2.24, 2.45) is 0 Å². The minimum atomic E-state index is -4.33.